The summed E-state index contributed by atoms with van der Waals surface area (Å²) >= 11 is 0. The lowest BCUT2D eigenvalue weighted by Crippen LogP contribution is -2.11. The molecule has 1 rings (SSSR count). The first-order valence-corrected chi connectivity index (χ1v) is 6.16. The number of nitrogens with two attached hydrogens (primary N) is 1. The van der Waals surface area contributed by atoms with Crippen LogP contribution >= 0.6 is 0 Å². The van der Waals surface area contributed by atoms with Crippen molar-refractivity contribution in [2.75, 3.05) is 17.3 Å². The van der Waals surface area contributed by atoms with Gasteiger partial charge in [0.15, 0.2) is 5.75 Å². The summed E-state index contributed by atoms with van der Waals surface area (Å²) in [6.07, 6.45) is 0.910. The fraction of sp³-hybridized carbons (Fsp3) is 0.222. The second-order valence-electron chi connectivity index (χ2n) is 3.22. The zero-order chi connectivity index (χ0) is 12.3. The molecule has 0 spiro atoms. The molecule has 0 heterocycles. The first-order valence-electron chi connectivity index (χ1n) is 4.34. The molecule has 1 amide bonds. The van der Waals surface area contributed by atoms with Gasteiger partial charge in [0.1, 0.15) is 0 Å². The summed E-state index contributed by atoms with van der Waals surface area (Å²) in [4.78, 5) is 10.9. The van der Waals surface area contributed by atoms with Crippen LogP contribution in [0.3, 0.4) is 0 Å². The highest BCUT2D eigenvalue weighted by atomic mass is 32.2. The van der Waals surface area contributed by atoms with Crippen LogP contribution in [-0.4, -0.2) is 20.6 Å². The van der Waals surface area contributed by atoms with E-state index in [0.29, 0.717) is 5.69 Å². The summed E-state index contributed by atoms with van der Waals surface area (Å²) in [5.41, 5.74) is 6.09. The predicted molar refractivity (Wildman–Crippen MR) is 60.6 cm³/mol. The topological polar surface area (TPSA) is 98.5 Å². The molecule has 0 aliphatic rings. The maximum absolute atomic E-state index is 11.0. The molecule has 0 unspecified atom stereocenters. The van der Waals surface area contributed by atoms with Gasteiger partial charge >= 0.3 is 10.1 Å². The third-order valence-electron chi connectivity index (χ3n) is 1.56. The van der Waals surface area contributed by atoms with Gasteiger partial charge in [0.2, 0.25) is 5.91 Å². The van der Waals surface area contributed by atoms with Crippen LogP contribution in [-0.2, 0) is 14.9 Å². The minimum atomic E-state index is -3.66. The Labute approximate surface area is 93.5 Å². The molecule has 0 saturated heterocycles. The molecular formula is C9H12N2O4S. The molecule has 0 aliphatic carbocycles. The van der Waals surface area contributed by atoms with E-state index >= 15 is 0 Å². The number of amides is 1. The van der Waals surface area contributed by atoms with Crippen molar-refractivity contribution in [1.29, 1.82) is 0 Å². The second kappa shape index (κ2) is 4.40. The van der Waals surface area contributed by atoms with Gasteiger partial charge in [0, 0.05) is 18.7 Å². The Morgan fingerprint density at radius 1 is 1.44 bits per heavy atom. The van der Waals surface area contributed by atoms with Gasteiger partial charge in [-0.1, -0.05) is 0 Å². The summed E-state index contributed by atoms with van der Waals surface area (Å²) in [7, 11) is -3.66. The number of anilines is 2. The molecule has 6 nitrogen and oxygen atoms in total. The number of nitrogens with one attached hydrogen (secondary N) is 1. The maximum atomic E-state index is 11.0. The number of hydrogen-bond donors (Lipinski definition) is 2. The molecule has 0 bridgehead atoms. The third-order valence-corrected chi connectivity index (χ3v) is 2.04. The Balaban J connectivity index is 3.13. The van der Waals surface area contributed by atoms with E-state index in [9.17, 15) is 13.2 Å². The highest BCUT2D eigenvalue weighted by Gasteiger charge is 2.11. The largest absolute Gasteiger partial charge is 0.399 e. The average molecular weight is 244 g/mol. The number of nitrogen functional groups attached to an aromatic ring is 1. The van der Waals surface area contributed by atoms with Crippen LogP contribution < -0.4 is 15.2 Å². The molecule has 0 saturated carbocycles. The van der Waals surface area contributed by atoms with Crippen LogP contribution in [0, 0.1) is 0 Å². The Morgan fingerprint density at radius 3 is 2.56 bits per heavy atom. The zero-order valence-electron chi connectivity index (χ0n) is 8.85. The van der Waals surface area contributed by atoms with Crippen molar-refractivity contribution in [2.45, 2.75) is 6.92 Å². The smallest absolute Gasteiger partial charge is 0.306 e. The lowest BCUT2D eigenvalue weighted by Gasteiger charge is -2.10. The van der Waals surface area contributed by atoms with Crippen molar-refractivity contribution in [2.24, 2.45) is 0 Å². The molecule has 1 aromatic rings. The predicted octanol–water partition coefficient (Wildman–Crippen LogP) is 0.566. The molecule has 1 aromatic carbocycles. The van der Waals surface area contributed by atoms with Crippen LogP contribution in [0.4, 0.5) is 11.4 Å². The van der Waals surface area contributed by atoms with Crippen LogP contribution in [0.25, 0.3) is 0 Å². The van der Waals surface area contributed by atoms with Crippen molar-refractivity contribution in [3.8, 4) is 5.75 Å². The number of benzene rings is 1. The fourth-order valence-corrected chi connectivity index (χ4v) is 1.53. The first-order chi connectivity index (χ1) is 7.28. The van der Waals surface area contributed by atoms with Gasteiger partial charge in [-0.25, -0.2) is 0 Å². The lowest BCUT2D eigenvalue weighted by molar-refractivity contribution is -0.114. The van der Waals surface area contributed by atoms with Gasteiger partial charge < -0.3 is 15.2 Å². The zero-order valence-corrected chi connectivity index (χ0v) is 9.67. The second-order valence-corrected chi connectivity index (χ2v) is 4.80. The van der Waals surface area contributed by atoms with Crippen molar-refractivity contribution in [3.63, 3.8) is 0 Å². The summed E-state index contributed by atoms with van der Waals surface area (Å²) in [6, 6.07) is 4.32. The number of hydrogen-bond acceptors (Lipinski definition) is 5. The molecule has 0 aliphatic heterocycles. The molecule has 0 fully saturated rings. The highest BCUT2D eigenvalue weighted by Crippen LogP contribution is 2.27. The highest BCUT2D eigenvalue weighted by molar-refractivity contribution is 7.86. The monoisotopic (exact) mass is 244 g/mol. The molecule has 0 atom stereocenters. The van der Waals surface area contributed by atoms with Crippen LogP contribution in [0.5, 0.6) is 5.75 Å². The fourth-order valence-electron chi connectivity index (χ4n) is 1.06. The number of carbonyl (C=O) groups is 1. The quantitative estimate of drug-likeness (QED) is 0.598. The average Bonchev–Trinajstić information content (AvgIpc) is 2.06. The van der Waals surface area contributed by atoms with Gasteiger partial charge in [-0.3, -0.25) is 4.79 Å². The summed E-state index contributed by atoms with van der Waals surface area (Å²) in [5, 5.41) is 2.44. The van der Waals surface area contributed by atoms with Gasteiger partial charge in [-0.15, -0.1) is 0 Å². The first kappa shape index (κ1) is 12.3. The Morgan fingerprint density at radius 2 is 2.06 bits per heavy atom. The van der Waals surface area contributed by atoms with Crippen LogP contribution in [0.15, 0.2) is 18.2 Å². The van der Waals surface area contributed by atoms with Gasteiger partial charge in [0.25, 0.3) is 0 Å². The van der Waals surface area contributed by atoms with E-state index in [1.807, 2.05) is 0 Å². The summed E-state index contributed by atoms with van der Waals surface area (Å²) < 4.78 is 26.6. The standard InChI is InChI=1S/C9H12N2O4S/c1-6(12)11-8-4-3-7(10)5-9(8)15-16(2,13)14/h3-5H,10H2,1-2H3,(H,11,12). The van der Waals surface area contributed by atoms with Crippen molar-refractivity contribution >= 4 is 27.4 Å². The molecule has 0 aromatic heterocycles. The Bertz CT molecular complexity index is 510. The Kier molecular flexibility index (Phi) is 3.38. The lowest BCUT2D eigenvalue weighted by atomic mass is 10.2. The van der Waals surface area contributed by atoms with Crippen molar-refractivity contribution < 1.29 is 17.4 Å². The summed E-state index contributed by atoms with van der Waals surface area (Å²) in [6.45, 7) is 1.31. The van der Waals surface area contributed by atoms with Gasteiger partial charge in [-0.2, -0.15) is 8.42 Å². The summed E-state index contributed by atoms with van der Waals surface area (Å²) in [5.74, 6) is -0.333. The SMILES string of the molecule is CC(=O)Nc1ccc(N)cc1OS(C)(=O)=O. The van der Waals surface area contributed by atoms with Crippen molar-refractivity contribution in [3.05, 3.63) is 18.2 Å². The van der Waals surface area contributed by atoms with E-state index in [0.717, 1.165) is 6.26 Å². The molecule has 3 N–H and O–H groups in total. The molecule has 88 valence electrons. The minimum Gasteiger partial charge on any atom is -0.399 e. The van der Waals surface area contributed by atoms with E-state index in [1.165, 1.54) is 25.1 Å². The molecule has 0 radical (unpaired) electrons. The Hall–Kier alpha value is -1.76. The number of rotatable bonds is 3. The molecule has 16 heavy (non-hydrogen) atoms. The van der Waals surface area contributed by atoms with E-state index in [1.54, 1.807) is 0 Å². The van der Waals surface area contributed by atoms with Crippen LogP contribution in [0.2, 0.25) is 0 Å². The van der Waals surface area contributed by atoms with Crippen molar-refractivity contribution in [1.82, 2.24) is 0 Å². The molecular weight excluding hydrogens is 232 g/mol. The van der Waals surface area contributed by atoms with Crippen LogP contribution in [0.1, 0.15) is 6.92 Å². The minimum absolute atomic E-state index is 0.00213. The van der Waals surface area contributed by atoms with Gasteiger partial charge in [-0.05, 0) is 12.1 Å². The third kappa shape index (κ3) is 3.77. The maximum Gasteiger partial charge on any atom is 0.306 e. The normalized spacial score (nSPS) is 10.9. The van der Waals surface area contributed by atoms with E-state index in [-0.39, 0.29) is 17.3 Å². The number of carbonyl (C=O) groups excluding carboxylic acids is 1. The van der Waals surface area contributed by atoms with E-state index < -0.39 is 10.1 Å². The van der Waals surface area contributed by atoms with E-state index in [4.69, 9.17) is 9.92 Å². The van der Waals surface area contributed by atoms with Gasteiger partial charge in [0.05, 0.1) is 11.9 Å². The van der Waals surface area contributed by atoms with E-state index in [2.05, 4.69) is 5.32 Å². The molecule has 7 heteroatoms.